The van der Waals surface area contributed by atoms with E-state index in [-0.39, 0.29) is 23.4 Å². The molecule has 0 saturated carbocycles. The third-order valence-corrected chi connectivity index (χ3v) is 3.48. The first-order chi connectivity index (χ1) is 8.35. The molecule has 3 nitrogen and oxygen atoms in total. The van der Waals surface area contributed by atoms with Gasteiger partial charge in [-0.15, -0.1) is 0 Å². The third-order valence-electron chi connectivity index (χ3n) is 3.48. The van der Waals surface area contributed by atoms with Crippen molar-refractivity contribution >= 4 is 5.97 Å². The zero-order valence-electron chi connectivity index (χ0n) is 14.0. The van der Waals surface area contributed by atoms with E-state index in [4.69, 9.17) is 4.74 Å². The van der Waals surface area contributed by atoms with Crippen LogP contribution in [0.1, 0.15) is 61.8 Å². The van der Waals surface area contributed by atoms with Gasteiger partial charge in [-0.05, 0) is 23.2 Å². The number of carbonyl (C=O) groups excluding carboxylic acids is 1. The molecule has 19 heavy (non-hydrogen) atoms. The molecule has 0 aromatic rings. The summed E-state index contributed by atoms with van der Waals surface area (Å²) in [7, 11) is 0. The highest BCUT2D eigenvalue weighted by atomic mass is 16.5. The lowest BCUT2D eigenvalue weighted by molar-refractivity contribution is -0.172. The Kier molecular flexibility index (Phi) is 6.07. The molecule has 0 aliphatic rings. The van der Waals surface area contributed by atoms with E-state index in [1.807, 2.05) is 34.6 Å². The average molecular weight is 272 g/mol. The molecule has 1 unspecified atom stereocenters. The molecule has 0 fully saturated rings. The summed E-state index contributed by atoms with van der Waals surface area (Å²) < 4.78 is 5.43. The normalized spacial score (nSPS) is 16.3. The zero-order valence-corrected chi connectivity index (χ0v) is 14.0. The van der Waals surface area contributed by atoms with Crippen LogP contribution in [0.3, 0.4) is 0 Å². The Morgan fingerprint density at radius 2 is 1.58 bits per heavy atom. The molecule has 114 valence electrons. The number of aliphatic hydroxyl groups is 1. The molecular formula is C16H32O3. The third kappa shape index (κ3) is 5.13. The molecule has 0 aliphatic carbocycles. The summed E-state index contributed by atoms with van der Waals surface area (Å²) in [6.07, 6.45) is 0.608. The number of esters is 1. The van der Waals surface area contributed by atoms with Crippen LogP contribution in [0.25, 0.3) is 0 Å². The molecule has 0 rings (SSSR count). The summed E-state index contributed by atoms with van der Waals surface area (Å²) >= 11 is 0. The smallest absolute Gasteiger partial charge is 0.314 e. The van der Waals surface area contributed by atoms with Gasteiger partial charge in [-0.25, -0.2) is 0 Å². The molecule has 0 spiro atoms. The largest absolute Gasteiger partial charge is 0.465 e. The number of hydrogen-bond donors (Lipinski definition) is 1. The van der Waals surface area contributed by atoms with Crippen molar-refractivity contribution in [2.45, 2.75) is 61.8 Å². The summed E-state index contributed by atoms with van der Waals surface area (Å²) in [5.41, 5.74) is -1.24. The maximum absolute atomic E-state index is 12.5. The van der Waals surface area contributed by atoms with E-state index >= 15 is 0 Å². The first kappa shape index (κ1) is 18.4. The summed E-state index contributed by atoms with van der Waals surface area (Å²) in [5.74, 6) is 0.0288. The van der Waals surface area contributed by atoms with Crippen LogP contribution in [0, 0.1) is 22.2 Å². The quantitative estimate of drug-likeness (QED) is 0.777. The minimum Gasteiger partial charge on any atom is -0.465 e. The van der Waals surface area contributed by atoms with Gasteiger partial charge in [0.2, 0.25) is 0 Å². The Bertz CT molecular complexity index is 294. The van der Waals surface area contributed by atoms with Gasteiger partial charge in [-0.2, -0.15) is 0 Å². The van der Waals surface area contributed by atoms with Gasteiger partial charge >= 0.3 is 5.97 Å². The van der Waals surface area contributed by atoms with Crippen molar-refractivity contribution in [1.82, 2.24) is 0 Å². The second kappa shape index (κ2) is 6.25. The fraction of sp³-hybridized carbons (Fsp3) is 0.938. The Morgan fingerprint density at radius 3 is 1.84 bits per heavy atom. The van der Waals surface area contributed by atoms with Crippen LogP contribution in [0.4, 0.5) is 0 Å². The van der Waals surface area contributed by atoms with Crippen molar-refractivity contribution in [1.29, 1.82) is 0 Å². The van der Waals surface area contributed by atoms with Gasteiger partial charge in [-0.1, -0.05) is 55.4 Å². The highest BCUT2D eigenvalue weighted by Gasteiger charge is 2.51. The van der Waals surface area contributed by atoms with E-state index in [1.165, 1.54) is 0 Å². The second-order valence-electron chi connectivity index (χ2n) is 8.22. The number of aliphatic hydroxyl groups excluding tert-OH is 1. The number of carbonyl (C=O) groups is 1. The van der Waals surface area contributed by atoms with Crippen LogP contribution in [0.5, 0.6) is 0 Å². The molecule has 1 N–H and O–H groups in total. The SMILES string of the molecule is CC(C)COC(=O)C(CO)(CC(C)(C)C)C(C)(C)C. The average Bonchev–Trinajstić information content (AvgIpc) is 2.19. The molecular weight excluding hydrogens is 240 g/mol. The molecule has 0 saturated heterocycles. The number of hydrogen-bond acceptors (Lipinski definition) is 3. The van der Waals surface area contributed by atoms with Crippen molar-refractivity contribution in [3.63, 3.8) is 0 Å². The van der Waals surface area contributed by atoms with E-state index < -0.39 is 5.41 Å². The molecule has 0 aromatic heterocycles. The van der Waals surface area contributed by atoms with Crippen molar-refractivity contribution < 1.29 is 14.6 Å². The topological polar surface area (TPSA) is 46.5 Å². The van der Waals surface area contributed by atoms with Gasteiger partial charge in [0, 0.05) is 0 Å². The highest BCUT2D eigenvalue weighted by Crippen LogP contribution is 2.47. The molecule has 0 heterocycles. The van der Waals surface area contributed by atoms with Crippen LogP contribution in [-0.4, -0.2) is 24.3 Å². The summed E-state index contributed by atoms with van der Waals surface area (Å²) in [6, 6.07) is 0. The van der Waals surface area contributed by atoms with Crippen LogP contribution < -0.4 is 0 Å². The van der Waals surface area contributed by atoms with Crippen LogP contribution in [-0.2, 0) is 9.53 Å². The van der Waals surface area contributed by atoms with Gasteiger partial charge in [0.1, 0.15) is 0 Å². The highest BCUT2D eigenvalue weighted by molar-refractivity contribution is 5.78. The standard InChI is InChI=1S/C16H32O3/c1-12(2)9-19-13(18)16(11-17,15(6,7)8)10-14(3,4)5/h12,17H,9-11H2,1-8H3. The minimum atomic E-state index is -0.847. The van der Waals surface area contributed by atoms with Gasteiger partial charge in [0.15, 0.2) is 0 Å². The summed E-state index contributed by atoms with van der Waals surface area (Å²) in [6.45, 7) is 16.5. The maximum atomic E-state index is 12.5. The molecule has 3 heteroatoms. The van der Waals surface area contributed by atoms with Gasteiger partial charge in [0.05, 0.1) is 18.6 Å². The molecule has 0 amide bonds. The molecule has 0 aliphatic heterocycles. The molecule has 0 aromatic carbocycles. The maximum Gasteiger partial charge on any atom is 0.314 e. The van der Waals surface area contributed by atoms with E-state index in [2.05, 4.69) is 20.8 Å². The van der Waals surface area contributed by atoms with Crippen LogP contribution >= 0.6 is 0 Å². The van der Waals surface area contributed by atoms with E-state index in [1.54, 1.807) is 0 Å². The summed E-state index contributed by atoms with van der Waals surface area (Å²) in [5, 5.41) is 9.91. The van der Waals surface area contributed by atoms with Crippen LogP contribution in [0.15, 0.2) is 0 Å². The number of ether oxygens (including phenoxy) is 1. The molecule has 0 radical (unpaired) electrons. The van der Waals surface area contributed by atoms with E-state index in [9.17, 15) is 9.90 Å². The van der Waals surface area contributed by atoms with Crippen molar-refractivity contribution in [2.24, 2.45) is 22.2 Å². The monoisotopic (exact) mass is 272 g/mol. The van der Waals surface area contributed by atoms with Gasteiger partial charge in [-0.3, -0.25) is 4.79 Å². The lowest BCUT2D eigenvalue weighted by Gasteiger charge is -2.44. The van der Waals surface area contributed by atoms with Crippen LogP contribution in [0.2, 0.25) is 0 Å². The zero-order chi connectivity index (χ0) is 15.5. The predicted molar refractivity (Wildman–Crippen MR) is 78.8 cm³/mol. The lowest BCUT2D eigenvalue weighted by atomic mass is 9.60. The van der Waals surface area contributed by atoms with Crippen molar-refractivity contribution in [3.8, 4) is 0 Å². The molecule has 0 bridgehead atoms. The minimum absolute atomic E-state index is 0.0487. The Morgan fingerprint density at radius 1 is 1.11 bits per heavy atom. The second-order valence-corrected chi connectivity index (χ2v) is 8.22. The fourth-order valence-electron chi connectivity index (χ4n) is 2.29. The lowest BCUT2D eigenvalue weighted by Crippen LogP contribution is -2.49. The Hall–Kier alpha value is -0.570. The Balaban J connectivity index is 5.31. The van der Waals surface area contributed by atoms with E-state index in [0.29, 0.717) is 18.9 Å². The number of rotatable bonds is 5. The van der Waals surface area contributed by atoms with Crippen molar-refractivity contribution in [3.05, 3.63) is 0 Å². The van der Waals surface area contributed by atoms with Gasteiger partial charge < -0.3 is 9.84 Å². The van der Waals surface area contributed by atoms with E-state index in [0.717, 1.165) is 0 Å². The first-order valence-electron chi connectivity index (χ1n) is 7.14. The molecule has 1 atom stereocenters. The Labute approximate surface area is 118 Å². The predicted octanol–water partition coefficient (Wildman–Crippen LogP) is 3.65. The fourth-order valence-corrected chi connectivity index (χ4v) is 2.29. The first-order valence-corrected chi connectivity index (χ1v) is 7.14. The summed E-state index contributed by atoms with van der Waals surface area (Å²) in [4.78, 5) is 12.5. The van der Waals surface area contributed by atoms with Gasteiger partial charge in [0.25, 0.3) is 0 Å². The van der Waals surface area contributed by atoms with Crippen molar-refractivity contribution in [2.75, 3.05) is 13.2 Å².